The van der Waals surface area contributed by atoms with Crippen LogP contribution in [0.1, 0.15) is 30.9 Å². The third kappa shape index (κ3) is 5.97. The lowest BCUT2D eigenvalue weighted by molar-refractivity contribution is -0.122. The smallest absolute Gasteiger partial charge is 0.243 e. The van der Waals surface area contributed by atoms with Crippen molar-refractivity contribution >= 4 is 33.2 Å². The van der Waals surface area contributed by atoms with E-state index in [0.717, 1.165) is 29.0 Å². The van der Waals surface area contributed by atoms with Crippen LogP contribution in [0.15, 0.2) is 48.5 Å². The number of aryl methyl sites for hydroxylation is 2. The molecule has 2 rings (SSSR count). The largest absolute Gasteiger partial charge is 0.354 e. The van der Waals surface area contributed by atoms with Gasteiger partial charge in [-0.3, -0.25) is 9.10 Å². The summed E-state index contributed by atoms with van der Waals surface area (Å²) in [6, 6.07) is 14.2. The van der Waals surface area contributed by atoms with E-state index in [-0.39, 0.29) is 5.91 Å². The van der Waals surface area contributed by atoms with E-state index >= 15 is 0 Å². The van der Waals surface area contributed by atoms with E-state index in [4.69, 9.17) is 11.6 Å². The number of nitrogens with zero attached hydrogens (tertiary/aromatic N) is 1. The van der Waals surface area contributed by atoms with Crippen LogP contribution in [0, 0.1) is 6.92 Å². The summed E-state index contributed by atoms with van der Waals surface area (Å²) >= 11 is 6.17. The van der Waals surface area contributed by atoms with Crippen LogP contribution in [-0.4, -0.2) is 33.2 Å². The van der Waals surface area contributed by atoms with Gasteiger partial charge in [0.15, 0.2) is 0 Å². The van der Waals surface area contributed by atoms with Crippen LogP contribution in [0.5, 0.6) is 0 Å². The molecule has 2 aromatic rings. The summed E-state index contributed by atoms with van der Waals surface area (Å²) in [5.41, 5.74) is 2.44. The molecule has 0 saturated carbocycles. The first-order chi connectivity index (χ1) is 13.2. The van der Waals surface area contributed by atoms with Gasteiger partial charge in [0.1, 0.15) is 6.04 Å². The van der Waals surface area contributed by atoms with Crippen LogP contribution in [0.3, 0.4) is 0 Å². The first-order valence-corrected chi connectivity index (χ1v) is 11.5. The molecule has 2 aromatic carbocycles. The number of hydrogen-bond acceptors (Lipinski definition) is 3. The Labute approximate surface area is 172 Å². The number of sulfonamides is 1. The van der Waals surface area contributed by atoms with Crippen molar-refractivity contribution in [2.24, 2.45) is 0 Å². The number of nitrogens with one attached hydrogen (secondary N) is 1. The molecule has 0 bridgehead atoms. The third-order valence-corrected chi connectivity index (χ3v) is 6.11. The standard InChI is InChI=1S/C21H27ClN2O3S/c1-4-20(21(25)23-14-8-11-17-9-6-5-7-10-17)24(28(3,26)27)18-13-12-16(2)19(22)15-18/h5-7,9-10,12-13,15,20H,4,8,11,14H2,1-3H3,(H,23,25)/t20-/m0/s1. The molecule has 0 fully saturated rings. The van der Waals surface area contributed by atoms with Gasteiger partial charge < -0.3 is 5.32 Å². The summed E-state index contributed by atoms with van der Waals surface area (Å²) in [5.74, 6) is -0.308. The van der Waals surface area contributed by atoms with Crippen molar-refractivity contribution in [3.05, 3.63) is 64.7 Å². The van der Waals surface area contributed by atoms with Gasteiger partial charge in [0, 0.05) is 11.6 Å². The lowest BCUT2D eigenvalue weighted by atomic mass is 10.1. The summed E-state index contributed by atoms with van der Waals surface area (Å²) < 4.78 is 26.1. The molecule has 5 nitrogen and oxygen atoms in total. The van der Waals surface area contributed by atoms with Crippen molar-refractivity contribution in [1.29, 1.82) is 0 Å². The van der Waals surface area contributed by atoms with Gasteiger partial charge in [-0.2, -0.15) is 0 Å². The summed E-state index contributed by atoms with van der Waals surface area (Å²) in [7, 11) is -3.66. The van der Waals surface area contributed by atoms with Crippen molar-refractivity contribution < 1.29 is 13.2 Å². The minimum absolute atomic E-state index is 0.308. The molecule has 7 heteroatoms. The maximum atomic E-state index is 12.7. The van der Waals surface area contributed by atoms with Crippen LogP contribution in [0.2, 0.25) is 5.02 Å². The van der Waals surface area contributed by atoms with E-state index in [1.165, 1.54) is 5.56 Å². The number of rotatable bonds is 9. The zero-order valence-corrected chi connectivity index (χ0v) is 18.1. The first kappa shape index (κ1) is 22.2. The van der Waals surface area contributed by atoms with Gasteiger partial charge in [0.05, 0.1) is 11.9 Å². The quantitative estimate of drug-likeness (QED) is 0.622. The molecule has 28 heavy (non-hydrogen) atoms. The Kier molecular flexibility index (Phi) is 7.89. The van der Waals surface area contributed by atoms with E-state index in [9.17, 15) is 13.2 Å². The number of carbonyl (C=O) groups is 1. The van der Waals surface area contributed by atoms with Gasteiger partial charge in [-0.25, -0.2) is 8.42 Å². The number of hydrogen-bond donors (Lipinski definition) is 1. The highest BCUT2D eigenvalue weighted by Gasteiger charge is 2.31. The zero-order chi connectivity index (χ0) is 20.7. The average Bonchev–Trinajstić information content (AvgIpc) is 2.65. The fourth-order valence-electron chi connectivity index (χ4n) is 3.05. The van der Waals surface area contributed by atoms with Gasteiger partial charge in [-0.05, 0) is 49.4 Å². The minimum Gasteiger partial charge on any atom is -0.354 e. The van der Waals surface area contributed by atoms with Crippen LogP contribution >= 0.6 is 11.6 Å². The number of amides is 1. The molecule has 1 atom stereocenters. The molecule has 0 aliphatic carbocycles. The second-order valence-electron chi connectivity index (χ2n) is 6.80. The summed E-state index contributed by atoms with van der Waals surface area (Å²) in [5, 5.41) is 3.34. The Morgan fingerprint density at radius 3 is 2.43 bits per heavy atom. The lowest BCUT2D eigenvalue weighted by Gasteiger charge is -2.30. The Balaban J connectivity index is 2.09. The minimum atomic E-state index is -3.66. The van der Waals surface area contributed by atoms with Crippen molar-refractivity contribution in [1.82, 2.24) is 5.32 Å². The SMILES string of the molecule is CC[C@@H](C(=O)NCCCc1ccccc1)N(c1ccc(C)c(Cl)c1)S(C)(=O)=O. The van der Waals surface area contributed by atoms with Crippen molar-refractivity contribution in [2.45, 2.75) is 39.2 Å². The molecular formula is C21H27ClN2O3S. The normalized spacial score (nSPS) is 12.4. The van der Waals surface area contributed by atoms with Crippen LogP contribution < -0.4 is 9.62 Å². The number of benzene rings is 2. The second-order valence-corrected chi connectivity index (χ2v) is 9.06. The first-order valence-electron chi connectivity index (χ1n) is 9.31. The van der Waals surface area contributed by atoms with Crippen LogP contribution in [0.25, 0.3) is 0 Å². The predicted octanol–water partition coefficient (Wildman–Crippen LogP) is 3.94. The van der Waals surface area contributed by atoms with E-state index in [1.807, 2.05) is 37.3 Å². The Hall–Kier alpha value is -2.05. The maximum Gasteiger partial charge on any atom is 0.243 e. The summed E-state index contributed by atoms with van der Waals surface area (Å²) in [6.07, 6.45) is 3.08. The fourth-order valence-corrected chi connectivity index (χ4v) is 4.42. The highest BCUT2D eigenvalue weighted by atomic mass is 35.5. The van der Waals surface area contributed by atoms with Crippen molar-refractivity contribution in [3.63, 3.8) is 0 Å². The molecule has 0 unspecified atom stereocenters. The summed E-state index contributed by atoms with van der Waals surface area (Å²) in [4.78, 5) is 12.7. The second kappa shape index (κ2) is 9.94. The van der Waals surface area contributed by atoms with Gasteiger partial charge in [0.25, 0.3) is 0 Å². The monoisotopic (exact) mass is 422 g/mol. The highest BCUT2D eigenvalue weighted by molar-refractivity contribution is 7.92. The lowest BCUT2D eigenvalue weighted by Crippen LogP contribution is -2.49. The van der Waals surface area contributed by atoms with Crippen molar-refractivity contribution in [2.75, 3.05) is 17.1 Å². The zero-order valence-electron chi connectivity index (χ0n) is 16.5. The van der Waals surface area contributed by atoms with E-state index < -0.39 is 16.1 Å². The number of carbonyl (C=O) groups excluding carboxylic acids is 1. The fraction of sp³-hybridized carbons (Fsp3) is 0.381. The molecule has 0 aromatic heterocycles. The molecule has 152 valence electrons. The van der Waals surface area contributed by atoms with Crippen LogP contribution in [-0.2, 0) is 21.2 Å². The van der Waals surface area contributed by atoms with Crippen molar-refractivity contribution in [3.8, 4) is 0 Å². The third-order valence-electron chi connectivity index (χ3n) is 4.52. The Bertz CT molecular complexity index is 901. The topological polar surface area (TPSA) is 66.5 Å². The van der Waals surface area contributed by atoms with Gasteiger partial charge in [0.2, 0.25) is 15.9 Å². The van der Waals surface area contributed by atoms with Gasteiger partial charge >= 0.3 is 0 Å². The molecule has 1 N–H and O–H groups in total. The molecule has 0 aliphatic heterocycles. The van der Waals surface area contributed by atoms with E-state index in [2.05, 4.69) is 5.32 Å². The molecule has 0 spiro atoms. The molecule has 0 radical (unpaired) electrons. The molecule has 1 amide bonds. The molecular weight excluding hydrogens is 396 g/mol. The summed E-state index contributed by atoms with van der Waals surface area (Å²) in [6.45, 7) is 4.12. The van der Waals surface area contributed by atoms with Gasteiger partial charge in [-0.1, -0.05) is 54.9 Å². The van der Waals surface area contributed by atoms with E-state index in [0.29, 0.717) is 23.7 Å². The highest BCUT2D eigenvalue weighted by Crippen LogP contribution is 2.27. The Morgan fingerprint density at radius 1 is 1.18 bits per heavy atom. The van der Waals surface area contributed by atoms with Crippen LogP contribution in [0.4, 0.5) is 5.69 Å². The Morgan fingerprint density at radius 2 is 1.86 bits per heavy atom. The number of halogens is 1. The molecule has 0 saturated heterocycles. The van der Waals surface area contributed by atoms with Gasteiger partial charge in [-0.15, -0.1) is 0 Å². The van der Waals surface area contributed by atoms with E-state index in [1.54, 1.807) is 25.1 Å². The predicted molar refractivity (Wildman–Crippen MR) is 115 cm³/mol. The molecule has 0 aliphatic rings. The average molecular weight is 423 g/mol. The molecule has 0 heterocycles. The maximum absolute atomic E-state index is 12.7. The number of anilines is 1.